The number of non-ortho nitro benzene ring substituents is 1. The smallest absolute Gasteiger partial charge is 0.270 e. The monoisotopic (exact) mass is 365 g/mol. The summed E-state index contributed by atoms with van der Waals surface area (Å²) in [5.74, 6) is 0.106. The Hall–Kier alpha value is -2.89. The number of nitro groups is 1. The molecule has 2 aromatic rings. The fourth-order valence-electron chi connectivity index (χ4n) is 3.90. The zero-order chi connectivity index (χ0) is 18.8. The van der Waals surface area contributed by atoms with Crippen molar-refractivity contribution in [2.45, 2.75) is 37.6 Å². The topological polar surface area (TPSA) is 75.5 Å². The summed E-state index contributed by atoms with van der Waals surface area (Å²) in [5, 5.41) is 14.3. The summed E-state index contributed by atoms with van der Waals surface area (Å²) in [6.07, 6.45) is 4.25. The van der Waals surface area contributed by atoms with E-state index >= 15 is 0 Å². The molecule has 1 amide bonds. The lowest BCUT2D eigenvalue weighted by Crippen LogP contribution is -2.33. The van der Waals surface area contributed by atoms with Crippen LogP contribution in [0.5, 0.6) is 0 Å². The molecule has 1 heterocycles. The summed E-state index contributed by atoms with van der Waals surface area (Å²) in [4.78, 5) is 25.9. The van der Waals surface area contributed by atoms with Gasteiger partial charge in [0, 0.05) is 37.2 Å². The Morgan fingerprint density at radius 3 is 2.52 bits per heavy atom. The average Bonchev–Trinajstić information content (AvgIpc) is 3.48. The molecule has 0 bridgehead atoms. The Labute approximate surface area is 158 Å². The predicted octanol–water partition coefficient (Wildman–Crippen LogP) is 3.87. The molecule has 6 heteroatoms. The van der Waals surface area contributed by atoms with Crippen molar-refractivity contribution >= 4 is 17.3 Å². The quantitative estimate of drug-likeness (QED) is 0.645. The van der Waals surface area contributed by atoms with Gasteiger partial charge in [-0.05, 0) is 37.3 Å². The molecule has 2 atom stereocenters. The van der Waals surface area contributed by atoms with E-state index in [0.717, 1.165) is 38.0 Å². The van der Waals surface area contributed by atoms with Crippen molar-refractivity contribution in [3.63, 3.8) is 0 Å². The first kappa shape index (κ1) is 17.5. The van der Waals surface area contributed by atoms with Gasteiger partial charge in [0.25, 0.3) is 11.6 Å². The second-order valence-corrected chi connectivity index (χ2v) is 7.34. The van der Waals surface area contributed by atoms with Crippen molar-refractivity contribution in [1.29, 1.82) is 0 Å². The number of benzene rings is 2. The zero-order valence-electron chi connectivity index (χ0n) is 15.1. The minimum Gasteiger partial charge on any atom is -0.371 e. The number of carbonyl (C=O) groups excluding carboxylic acids is 1. The summed E-state index contributed by atoms with van der Waals surface area (Å²) in [6.45, 7) is 1.77. The summed E-state index contributed by atoms with van der Waals surface area (Å²) < 4.78 is 0. The van der Waals surface area contributed by atoms with Gasteiger partial charge in [-0.2, -0.15) is 0 Å². The van der Waals surface area contributed by atoms with E-state index in [1.54, 1.807) is 6.07 Å². The third-order valence-corrected chi connectivity index (χ3v) is 5.47. The fourth-order valence-corrected chi connectivity index (χ4v) is 3.90. The molecule has 2 aromatic carbocycles. The Morgan fingerprint density at radius 1 is 1.07 bits per heavy atom. The van der Waals surface area contributed by atoms with Gasteiger partial charge in [0.1, 0.15) is 0 Å². The molecule has 1 aliphatic carbocycles. The van der Waals surface area contributed by atoms with Gasteiger partial charge in [0.2, 0.25) is 0 Å². The molecule has 0 aromatic heterocycles. The number of carbonyl (C=O) groups is 1. The molecule has 2 aliphatic rings. The van der Waals surface area contributed by atoms with Crippen molar-refractivity contribution in [1.82, 2.24) is 5.32 Å². The van der Waals surface area contributed by atoms with Crippen LogP contribution in [0.3, 0.4) is 0 Å². The molecule has 4 rings (SSSR count). The number of rotatable bonds is 5. The van der Waals surface area contributed by atoms with Crippen LogP contribution in [0.4, 0.5) is 11.4 Å². The maximum Gasteiger partial charge on any atom is 0.270 e. The molecule has 140 valence electrons. The number of hydrogen-bond donors (Lipinski definition) is 1. The van der Waals surface area contributed by atoms with Gasteiger partial charge in [0.15, 0.2) is 0 Å². The Kier molecular flexibility index (Phi) is 4.79. The van der Waals surface area contributed by atoms with Gasteiger partial charge in [-0.15, -0.1) is 0 Å². The molecule has 0 spiro atoms. The summed E-state index contributed by atoms with van der Waals surface area (Å²) >= 11 is 0. The van der Waals surface area contributed by atoms with Crippen molar-refractivity contribution < 1.29 is 9.72 Å². The molecule has 1 aliphatic heterocycles. The lowest BCUT2D eigenvalue weighted by molar-refractivity contribution is -0.384. The maximum absolute atomic E-state index is 12.9. The van der Waals surface area contributed by atoms with E-state index in [1.165, 1.54) is 24.1 Å². The molecule has 6 nitrogen and oxygen atoms in total. The summed E-state index contributed by atoms with van der Waals surface area (Å²) in [6, 6.07) is 14.8. The van der Waals surface area contributed by atoms with Crippen LogP contribution >= 0.6 is 0 Å². The van der Waals surface area contributed by atoms with Crippen LogP contribution in [0, 0.1) is 10.1 Å². The third kappa shape index (κ3) is 3.79. The van der Waals surface area contributed by atoms with Crippen LogP contribution in [0.25, 0.3) is 0 Å². The SMILES string of the molecule is O=C(NC1CC1c1ccccc1)c1cc([N+](=O)[O-])ccc1N1CCCCC1. The number of nitro benzene ring substituents is 1. The van der Waals surface area contributed by atoms with E-state index in [-0.39, 0.29) is 17.6 Å². The number of nitrogens with one attached hydrogen (secondary N) is 1. The van der Waals surface area contributed by atoms with Crippen LogP contribution in [0.15, 0.2) is 48.5 Å². The largest absolute Gasteiger partial charge is 0.371 e. The van der Waals surface area contributed by atoms with Crippen LogP contribution in [0.1, 0.15) is 47.5 Å². The zero-order valence-corrected chi connectivity index (χ0v) is 15.1. The number of anilines is 1. The first-order chi connectivity index (χ1) is 13.1. The Morgan fingerprint density at radius 2 is 1.81 bits per heavy atom. The highest BCUT2D eigenvalue weighted by Gasteiger charge is 2.40. The summed E-state index contributed by atoms with van der Waals surface area (Å²) in [7, 11) is 0. The number of hydrogen-bond acceptors (Lipinski definition) is 4. The van der Waals surface area contributed by atoms with Crippen LogP contribution in [-0.2, 0) is 0 Å². The van der Waals surface area contributed by atoms with Crippen LogP contribution < -0.4 is 10.2 Å². The Bertz CT molecular complexity index is 847. The Balaban J connectivity index is 1.54. The average molecular weight is 365 g/mol. The van der Waals surface area contributed by atoms with Crippen molar-refractivity contribution in [3.8, 4) is 0 Å². The molecule has 0 radical (unpaired) electrons. The van der Waals surface area contributed by atoms with E-state index in [0.29, 0.717) is 11.5 Å². The number of nitrogens with zero attached hydrogens (tertiary/aromatic N) is 2. The van der Waals surface area contributed by atoms with E-state index in [1.807, 2.05) is 18.2 Å². The molecule has 1 saturated heterocycles. The van der Waals surface area contributed by atoms with Crippen LogP contribution in [-0.4, -0.2) is 30.0 Å². The van der Waals surface area contributed by atoms with Gasteiger partial charge in [0.05, 0.1) is 16.2 Å². The number of amides is 1. The highest BCUT2D eigenvalue weighted by molar-refractivity contribution is 6.01. The lowest BCUT2D eigenvalue weighted by atomic mass is 10.1. The van der Waals surface area contributed by atoms with Crippen LogP contribution in [0.2, 0.25) is 0 Å². The molecule has 1 saturated carbocycles. The minimum atomic E-state index is -0.444. The molecule has 1 N–H and O–H groups in total. The van der Waals surface area contributed by atoms with E-state index in [2.05, 4.69) is 22.3 Å². The maximum atomic E-state index is 12.9. The van der Waals surface area contributed by atoms with E-state index < -0.39 is 4.92 Å². The molecular formula is C21H23N3O3. The minimum absolute atomic E-state index is 0.0451. The second-order valence-electron chi connectivity index (χ2n) is 7.34. The van der Waals surface area contributed by atoms with Gasteiger partial charge < -0.3 is 10.2 Å². The van der Waals surface area contributed by atoms with Gasteiger partial charge in [-0.25, -0.2) is 0 Å². The highest BCUT2D eigenvalue weighted by atomic mass is 16.6. The molecule has 2 fully saturated rings. The first-order valence-corrected chi connectivity index (χ1v) is 9.52. The normalized spacial score (nSPS) is 21.6. The predicted molar refractivity (Wildman–Crippen MR) is 104 cm³/mol. The van der Waals surface area contributed by atoms with Gasteiger partial charge in [-0.1, -0.05) is 30.3 Å². The molecule has 27 heavy (non-hydrogen) atoms. The lowest BCUT2D eigenvalue weighted by Gasteiger charge is -2.30. The van der Waals surface area contributed by atoms with Crippen molar-refractivity contribution in [2.75, 3.05) is 18.0 Å². The number of piperidine rings is 1. The second kappa shape index (κ2) is 7.39. The van der Waals surface area contributed by atoms with Crippen molar-refractivity contribution in [2.24, 2.45) is 0 Å². The van der Waals surface area contributed by atoms with Gasteiger partial charge >= 0.3 is 0 Å². The fraction of sp³-hybridized carbons (Fsp3) is 0.381. The molecule has 2 unspecified atom stereocenters. The van der Waals surface area contributed by atoms with E-state index in [9.17, 15) is 14.9 Å². The highest BCUT2D eigenvalue weighted by Crippen LogP contribution is 2.41. The van der Waals surface area contributed by atoms with Crippen molar-refractivity contribution in [3.05, 3.63) is 69.8 Å². The van der Waals surface area contributed by atoms with Gasteiger partial charge in [-0.3, -0.25) is 14.9 Å². The van der Waals surface area contributed by atoms with E-state index in [4.69, 9.17) is 0 Å². The third-order valence-electron chi connectivity index (χ3n) is 5.47. The standard InChI is InChI=1S/C21H23N3O3/c25-21(22-19-14-17(19)15-7-3-1-4-8-15)18-13-16(24(26)27)9-10-20(18)23-11-5-2-6-12-23/h1,3-4,7-10,13,17,19H,2,5-6,11-12,14H2,(H,22,25). The first-order valence-electron chi connectivity index (χ1n) is 9.52. The molecular weight excluding hydrogens is 342 g/mol. The summed E-state index contributed by atoms with van der Waals surface area (Å²) in [5.41, 5.74) is 2.38.